The van der Waals surface area contributed by atoms with Crippen LogP contribution in [0.5, 0.6) is 0 Å². The number of para-hydroxylation sites is 1. The molecule has 1 aliphatic rings. The Balaban J connectivity index is 2.48. The first-order valence-corrected chi connectivity index (χ1v) is 4.57. The highest BCUT2D eigenvalue weighted by molar-refractivity contribution is 6.01. The van der Waals surface area contributed by atoms with Gasteiger partial charge in [0.15, 0.2) is 0 Å². The number of Topliss-reactive ketones (excluding diaryl/α,β-unsaturated/α-hetero) is 1. The lowest BCUT2D eigenvalue weighted by Crippen LogP contribution is -2.26. The molecule has 72 valence electrons. The second-order valence-corrected chi connectivity index (χ2v) is 3.50. The second kappa shape index (κ2) is 3.25. The van der Waals surface area contributed by atoms with Crippen LogP contribution in [-0.4, -0.2) is 11.7 Å². The molecule has 1 aliphatic heterocycles. The summed E-state index contributed by atoms with van der Waals surface area (Å²) in [7, 11) is 0. The summed E-state index contributed by atoms with van der Waals surface area (Å²) >= 11 is 0. The number of carbonyl (C=O) groups excluding carboxylic acids is 2. The Bertz CT molecular complexity index is 398. The average molecular weight is 189 g/mol. The van der Waals surface area contributed by atoms with E-state index in [-0.39, 0.29) is 24.0 Å². The van der Waals surface area contributed by atoms with Crippen LogP contribution in [0.1, 0.15) is 24.8 Å². The Labute approximate surface area is 82.1 Å². The Morgan fingerprint density at radius 2 is 2.14 bits per heavy atom. The number of hydrogen-bond acceptors (Lipinski definition) is 2. The minimum Gasteiger partial charge on any atom is -0.326 e. The molecular weight excluding hydrogens is 178 g/mol. The molecule has 14 heavy (non-hydrogen) atoms. The van der Waals surface area contributed by atoms with E-state index in [9.17, 15) is 9.59 Å². The molecule has 1 aromatic rings. The van der Waals surface area contributed by atoms with Gasteiger partial charge < -0.3 is 5.32 Å². The highest BCUT2D eigenvalue weighted by Gasteiger charge is 2.27. The van der Waals surface area contributed by atoms with Crippen LogP contribution in [0.25, 0.3) is 0 Å². The molecular formula is C11H11NO2. The lowest BCUT2D eigenvalue weighted by Gasteiger charge is -2.23. The van der Waals surface area contributed by atoms with Crippen molar-refractivity contribution < 1.29 is 9.59 Å². The zero-order valence-corrected chi connectivity index (χ0v) is 7.91. The molecule has 1 amide bonds. The summed E-state index contributed by atoms with van der Waals surface area (Å²) in [5, 5.41) is 2.75. The number of carbonyl (C=O) groups is 2. The van der Waals surface area contributed by atoms with Gasteiger partial charge in [-0.15, -0.1) is 0 Å². The van der Waals surface area contributed by atoms with Gasteiger partial charge in [-0.25, -0.2) is 0 Å². The van der Waals surface area contributed by atoms with E-state index in [0.717, 1.165) is 11.3 Å². The first kappa shape index (κ1) is 8.94. The minimum absolute atomic E-state index is 0.0484. The number of hydrogen-bond donors (Lipinski definition) is 1. The molecule has 3 heteroatoms. The molecule has 1 N–H and O–H groups in total. The van der Waals surface area contributed by atoms with Crippen molar-refractivity contribution in [2.24, 2.45) is 0 Å². The monoisotopic (exact) mass is 189 g/mol. The molecule has 0 aromatic heterocycles. The topological polar surface area (TPSA) is 46.2 Å². The van der Waals surface area contributed by atoms with Crippen molar-refractivity contribution in [1.29, 1.82) is 0 Å². The van der Waals surface area contributed by atoms with E-state index < -0.39 is 0 Å². The van der Waals surface area contributed by atoms with E-state index in [1.165, 1.54) is 6.92 Å². The highest BCUT2D eigenvalue weighted by atomic mass is 16.2. The minimum atomic E-state index is -0.264. The molecule has 1 unspecified atom stereocenters. The van der Waals surface area contributed by atoms with Gasteiger partial charge >= 0.3 is 0 Å². The lowest BCUT2D eigenvalue weighted by molar-refractivity contribution is -0.123. The van der Waals surface area contributed by atoms with Crippen molar-refractivity contribution in [2.45, 2.75) is 19.3 Å². The third-order valence-corrected chi connectivity index (χ3v) is 2.49. The summed E-state index contributed by atoms with van der Waals surface area (Å²) in [5.41, 5.74) is 1.70. The first-order chi connectivity index (χ1) is 6.68. The fourth-order valence-corrected chi connectivity index (χ4v) is 1.77. The summed E-state index contributed by atoms with van der Waals surface area (Å²) in [6, 6.07) is 7.44. The van der Waals surface area contributed by atoms with Crippen LogP contribution >= 0.6 is 0 Å². The van der Waals surface area contributed by atoms with Crippen molar-refractivity contribution in [3.63, 3.8) is 0 Å². The SMILES string of the molecule is CC(=O)C1CC(=O)Nc2ccccc21. The van der Waals surface area contributed by atoms with E-state index in [2.05, 4.69) is 5.32 Å². The van der Waals surface area contributed by atoms with Gasteiger partial charge in [0.1, 0.15) is 5.78 Å². The van der Waals surface area contributed by atoms with Crippen molar-refractivity contribution in [2.75, 3.05) is 5.32 Å². The first-order valence-electron chi connectivity index (χ1n) is 4.57. The van der Waals surface area contributed by atoms with Gasteiger partial charge in [0.2, 0.25) is 5.91 Å². The summed E-state index contributed by atoms with van der Waals surface area (Å²) in [5.74, 6) is -0.295. The zero-order chi connectivity index (χ0) is 10.1. The largest absolute Gasteiger partial charge is 0.326 e. The number of anilines is 1. The zero-order valence-electron chi connectivity index (χ0n) is 7.91. The summed E-state index contributed by atoms with van der Waals surface area (Å²) in [6.07, 6.45) is 0.270. The van der Waals surface area contributed by atoms with Gasteiger partial charge in [0.25, 0.3) is 0 Å². The van der Waals surface area contributed by atoms with Crippen LogP contribution < -0.4 is 5.32 Å². The molecule has 0 spiro atoms. The van der Waals surface area contributed by atoms with Gasteiger partial charge in [-0.3, -0.25) is 9.59 Å². The van der Waals surface area contributed by atoms with E-state index in [4.69, 9.17) is 0 Å². The lowest BCUT2D eigenvalue weighted by atomic mass is 9.88. The predicted molar refractivity (Wildman–Crippen MR) is 53.1 cm³/mol. The normalized spacial score (nSPS) is 19.8. The Kier molecular flexibility index (Phi) is 2.08. The maximum absolute atomic E-state index is 11.3. The fourth-order valence-electron chi connectivity index (χ4n) is 1.77. The van der Waals surface area contributed by atoms with E-state index >= 15 is 0 Å². The molecule has 0 fully saturated rings. The quantitative estimate of drug-likeness (QED) is 0.730. The molecule has 0 saturated heterocycles. The van der Waals surface area contributed by atoms with E-state index in [1.54, 1.807) is 0 Å². The Hall–Kier alpha value is -1.64. The highest BCUT2D eigenvalue weighted by Crippen LogP contribution is 2.32. The number of rotatable bonds is 1. The number of fused-ring (bicyclic) bond motifs is 1. The fraction of sp³-hybridized carbons (Fsp3) is 0.273. The third kappa shape index (κ3) is 1.41. The van der Waals surface area contributed by atoms with Gasteiger partial charge in [-0.1, -0.05) is 18.2 Å². The molecule has 2 rings (SSSR count). The van der Waals surface area contributed by atoms with Gasteiger partial charge in [-0.2, -0.15) is 0 Å². The van der Waals surface area contributed by atoms with Crippen LogP contribution in [0.4, 0.5) is 5.69 Å². The summed E-state index contributed by atoms with van der Waals surface area (Å²) < 4.78 is 0. The summed E-state index contributed by atoms with van der Waals surface area (Å²) in [4.78, 5) is 22.6. The second-order valence-electron chi connectivity index (χ2n) is 3.50. The van der Waals surface area contributed by atoms with Crippen molar-refractivity contribution >= 4 is 17.4 Å². The average Bonchev–Trinajstić information content (AvgIpc) is 2.16. The van der Waals surface area contributed by atoms with Crippen molar-refractivity contribution in [3.05, 3.63) is 29.8 Å². The molecule has 0 bridgehead atoms. The van der Waals surface area contributed by atoms with Crippen molar-refractivity contribution in [1.82, 2.24) is 0 Å². The van der Waals surface area contributed by atoms with Crippen LogP contribution in [0, 0.1) is 0 Å². The number of nitrogens with one attached hydrogen (secondary N) is 1. The van der Waals surface area contributed by atoms with Gasteiger partial charge in [0, 0.05) is 12.1 Å². The molecule has 0 radical (unpaired) electrons. The van der Waals surface area contributed by atoms with E-state index in [1.807, 2.05) is 24.3 Å². The number of amides is 1. The van der Waals surface area contributed by atoms with Gasteiger partial charge in [0.05, 0.1) is 5.92 Å². The Morgan fingerprint density at radius 1 is 1.43 bits per heavy atom. The predicted octanol–water partition coefficient (Wildman–Crippen LogP) is 1.70. The smallest absolute Gasteiger partial charge is 0.225 e. The van der Waals surface area contributed by atoms with Crippen LogP contribution in [0.3, 0.4) is 0 Å². The van der Waals surface area contributed by atoms with Crippen LogP contribution in [0.2, 0.25) is 0 Å². The van der Waals surface area contributed by atoms with Crippen LogP contribution in [-0.2, 0) is 9.59 Å². The molecule has 1 atom stereocenters. The number of ketones is 1. The standard InChI is InChI=1S/C11H11NO2/c1-7(13)9-6-11(14)12-10-5-3-2-4-8(9)10/h2-5,9H,6H2,1H3,(H,12,14). The van der Waals surface area contributed by atoms with E-state index in [0.29, 0.717) is 0 Å². The molecule has 0 saturated carbocycles. The summed E-state index contributed by atoms with van der Waals surface area (Å²) in [6.45, 7) is 1.53. The molecule has 0 aliphatic carbocycles. The number of benzene rings is 1. The Morgan fingerprint density at radius 3 is 2.86 bits per heavy atom. The molecule has 1 heterocycles. The molecule has 1 aromatic carbocycles. The molecule has 3 nitrogen and oxygen atoms in total. The van der Waals surface area contributed by atoms with Crippen molar-refractivity contribution in [3.8, 4) is 0 Å². The maximum Gasteiger partial charge on any atom is 0.225 e. The third-order valence-electron chi connectivity index (χ3n) is 2.49. The van der Waals surface area contributed by atoms with Crippen LogP contribution in [0.15, 0.2) is 24.3 Å². The maximum atomic E-state index is 11.3. The van der Waals surface area contributed by atoms with Gasteiger partial charge in [-0.05, 0) is 18.6 Å².